The molecule has 0 bridgehead atoms. The number of hydrogen-bond donors (Lipinski definition) is 1. The Hall–Kier alpha value is -0.0100. The van der Waals surface area contributed by atoms with E-state index in [0.29, 0.717) is 13.2 Å². The molecule has 1 rings (SSSR count). The van der Waals surface area contributed by atoms with Gasteiger partial charge in [-0.2, -0.15) is 14.0 Å². The van der Waals surface area contributed by atoms with Gasteiger partial charge in [0, 0.05) is 0 Å². The van der Waals surface area contributed by atoms with E-state index in [9.17, 15) is 4.21 Å². The molecule has 1 saturated heterocycles. The molecule has 0 aliphatic carbocycles. The van der Waals surface area contributed by atoms with E-state index in [-0.39, 0.29) is 6.73 Å². The van der Waals surface area contributed by atoms with Crippen molar-refractivity contribution in [2.75, 3.05) is 19.9 Å². The van der Waals surface area contributed by atoms with Gasteiger partial charge < -0.3 is 4.74 Å². The van der Waals surface area contributed by atoms with E-state index in [1.165, 1.54) is 0 Å². The van der Waals surface area contributed by atoms with Crippen LogP contribution in [0.3, 0.4) is 0 Å². The zero-order valence-corrected chi connectivity index (χ0v) is 5.48. The second kappa shape index (κ2) is 3.91. The van der Waals surface area contributed by atoms with Gasteiger partial charge in [0.2, 0.25) is 0 Å². The predicted octanol–water partition coefficient (Wildman–Crippen LogP) is -0.909. The summed E-state index contributed by atoms with van der Waals surface area (Å²) in [6.45, 7) is 0.978. The largest absolute Gasteiger partial charge is 0.362 e. The lowest BCUT2D eigenvalue weighted by atomic mass is 10.8. The summed E-state index contributed by atoms with van der Waals surface area (Å²) in [6, 6.07) is 0. The first-order chi connectivity index (χ1) is 4.39. The van der Waals surface area contributed by atoms with E-state index in [4.69, 9.17) is 4.74 Å². The molecule has 0 aromatic rings. The molecular weight excluding hydrogens is 146 g/mol. The van der Waals surface area contributed by atoms with Crippen LogP contribution in [0.1, 0.15) is 0 Å². The molecule has 1 fully saturated rings. The molecule has 54 valence electrons. The van der Waals surface area contributed by atoms with Crippen LogP contribution in [0, 0.1) is 0 Å². The van der Waals surface area contributed by atoms with Crippen LogP contribution in [-0.4, -0.2) is 24.2 Å². The third kappa shape index (κ3) is 2.87. The van der Waals surface area contributed by atoms with Crippen molar-refractivity contribution < 1.29 is 17.4 Å². The molecule has 0 aromatic heterocycles. The lowest BCUT2D eigenvalue weighted by molar-refractivity contribution is 0.00437. The number of ether oxygens (including phenoxy) is 1. The van der Waals surface area contributed by atoms with Crippen LogP contribution in [-0.2, 0) is 24.6 Å². The lowest BCUT2D eigenvalue weighted by Gasteiger charge is -2.09. The van der Waals surface area contributed by atoms with Crippen molar-refractivity contribution in [1.82, 2.24) is 5.48 Å². The average Bonchev–Trinajstić information content (AvgIpc) is 1.79. The maximum atomic E-state index is 10.4. The maximum Gasteiger partial charge on any atom is 0.322 e. The molecule has 9 heavy (non-hydrogen) atoms. The number of rotatable bonds is 0. The normalized spacial score (nSPS) is 30.9. The molecule has 0 saturated carbocycles. The van der Waals surface area contributed by atoms with Gasteiger partial charge in [0.05, 0.1) is 13.2 Å². The molecule has 1 heterocycles. The summed E-state index contributed by atoms with van der Waals surface area (Å²) in [7, 11) is 0. The van der Waals surface area contributed by atoms with E-state index in [1.807, 2.05) is 0 Å². The minimum Gasteiger partial charge on any atom is -0.362 e. The van der Waals surface area contributed by atoms with Gasteiger partial charge >= 0.3 is 11.4 Å². The highest BCUT2D eigenvalue weighted by atomic mass is 32.2. The highest BCUT2D eigenvalue weighted by molar-refractivity contribution is 7.75. The first kappa shape index (κ1) is 7.10. The van der Waals surface area contributed by atoms with Crippen molar-refractivity contribution >= 4 is 11.4 Å². The Bertz CT molecular complexity index is 98.0. The van der Waals surface area contributed by atoms with Gasteiger partial charge in [-0.05, 0) is 0 Å². The van der Waals surface area contributed by atoms with Crippen molar-refractivity contribution in [1.29, 1.82) is 0 Å². The Morgan fingerprint density at radius 2 is 2.33 bits per heavy atom. The molecule has 0 spiro atoms. The summed E-state index contributed by atoms with van der Waals surface area (Å²) in [5.41, 5.74) is 2.29. The van der Waals surface area contributed by atoms with Crippen LogP contribution in [0.25, 0.3) is 0 Å². The molecule has 1 N–H and O–H groups in total. The first-order valence-corrected chi connectivity index (χ1v) is 3.42. The lowest BCUT2D eigenvalue weighted by Crippen LogP contribution is -2.25. The molecule has 5 nitrogen and oxygen atoms in total. The zero-order chi connectivity index (χ0) is 6.53. The third-order valence-corrected chi connectivity index (χ3v) is 1.31. The fourth-order valence-electron chi connectivity index (χ4n) is 0.371. The summed E-state index contributed by atoms with van der Waals surface area (Å²) in [5.74, 6) is 0. The number of hydrogen-bond acceptors (Lipinski definition) is 5. The average molecular weight is 153 g/mol. The molecule has 0 aromatic carbocycles. The maximum absolute atomic E-state index is 10.4. The van der Waals surface area contributed by atoms with Crippen LogP contribution in [0.5, 0.6) is 0 Å². The quantitative estimate of drug-likeness (QED) is 0.488. The van der Waals surface area contributed by atoms with Crippen LogP contribution in [0.2, 0.25) is 0 Å². The zero-order valence-electron chi connectivity index (χ0n) is 4.66. The Morgan fingerprint density at radius 1 is 1.44 bits per heavy atom. The molecule has 1 aliphatic heterocycles. The van der Waals surface area contributed by atoms with Gasteiger partial charge in [0.15, 0.2) is 0 Å². The Labute approximate surface area is 55.1 Å². The highest BCUT2D eigenvalue weighted by Crippen LogP contribution is 1.89. The van der Waals surface area contributed by atoms with Crippen molar-refractivity contribution in [3.8, 4) is 0 Å². The summed E-state index contributed by atoms with van der Waals surface area (Å²) in [4.78, 5) is 0. The molecule has 1 atom stereocenters. The molecule has 6 heteroatoms. The Morgan fingerprint density at radius 3 is 3.22 bits per heavy atom. The molecule has 0 radical (unpaired) electrons. The fraction of sp³-hybridized carbons (Fsp3) is 1.00. The van der Waals surface area contributed by atoms with E-state index >= 15 is 0 Å². The first-order valence-electron chi connectivity index (χ1n) is 2.42. The van der Waals surface area contributed by atoms with Crippen molar-refractivity contribution in [2.24, 2.45) is 0 Å². The standard InChI is InChI=1S/C3H7NO4S/c5-9-7-2-1-6-3-4-8-9/h4H,1-3H2. The van der Waals surface area contributed by atoms with Gasteiger partial charge in [-0.15, -0.1) is 0 Å². The minimum absolute atomic E-state index is 0.245. The van der Waals surface area contributed by atoms with E-state index in [0.717, 1.165) is 0 Å². The van der Waals surface area contributed by atoms with Crippen molar-refractivity contribution in [3.05, 3.63) is 0 Å². The second-order valence-electron chi connectivity index (χ2n) is 1.31. The molecular formula is C3H7NO4S. The molecule has 1 aliphatic rings. The monoisotopic (exact) mass is 153 g/mol. The summed E-state index contributed by atoms with van der Waals surface area (Å²) >= 11 is -1.66. The minimum atomic E-state index is -1.66. The predicted molar refractivity (Wildman–Crippen MR) is 29.1 cm³/mol. The van der Waals surface area contributed by atoms with E-state index in [2.05, 4.69) is 13.9 Å². The van der Waals surface area contributed by atoms with Gasteiger partial charge in [0.25, 0.3) is 0 Å². The number of nitrogens with one attached hydrogen (secondary N) is 1. The number of hydroxylamine groups is 1. The topological polar surface area (TPSA) is 56.8 Å². The molecule has 0 amide bonds. The van der Waals surface area contributed by atoms with Crippen molar-refractivity contribution in [2.45, 2.75) is 0 Å². The van der Waals surface area contributed by atoms with Crippen LogP contribution >= 0.6 is 0 Å². The smallest absolute Gasteiger partial charge is 0.322 e. The second-order valence-corrected chi connectivity index (χ2v) is 2.12. The van der Waals surface area contributed by atoms with Crippen LogP contribution < -0.4 is 5.48 Å². The third-order valence-electron chi connectivity index (χ3n) is 0.695. The van der Waals surface area contributed by atoms with Gasteiger partial charge in [-0.3, -0.25) is 4.18 Å². The van der Waals surface area contributed by atoms with Gasteiger partial charge in [-0.1, -0.05) is 0 Å². The summed E-state index contributed by atoms with van der Waals surface area (Å²) in [6.07, 6.45) is 0. The van der Waals surface area contributed by atoms with Crippen LogP contribution in [0.4, 0.5) is 0 Å². The summed E-state index contributed by atoms with van der Waals surface area (Å²) in [5, 5.41) is 0. The van der Waals surface area contributed by atoms with Crippen LogP contribution in [0.15, 0.2) is 0 Å². The van der Waals surface area contributed by atoms with E-state index < -0.39 is 11.4 Å². The van der Waals surface area contributed by atoms with E-state index in [1.54, 1.807) is 0 Å². The SMILES string of the molecule is O=S1OCCOCNO1. The Kier molecular flexibility index (Phi) is 3.09. The molecule has 1 unspecified atom stereocenters. The van der Waals surface area contributed by atoms with Gasteiger partial charge in [-0.25, -0.2) is 0 Å². The highest BCUT2D eigenvalue weighted by Gasteiger charge is 2.03. The van der Waals surface area contributed by atoms with Crippen molar-refractivity contribution in [3.63, 3.8) is 0 Å². The van der Waals surface area contributed by atoms with Gasteiger partial charge in [0.1, 0.15) is 6.73 Å². The summed E-state index contributed by atoms with van der Waals surface area (Å²) < 4.78 is 24.1. The Balaban J connectivity index is 2.20. The fourth-order valence-corrected chi connectivity index (χ4v) is 0.768.